The average molecular weight is 397 g/mol. The molecule has 0 radical (unpaired) electrons. The molecule has 2 aliphatic rings. The van der Waals surface area contributed by atoms with Crippen molar-refractivity contribution >= 4 is 5.91 Å². The van der Waals surface area contributed by atoms with E-state index in [4.69, 9.17) is 5.26 Å². The average Bonchev–Trinajstić information content (AvgIpc) is 3.00. The Morgan fingerprint density at radius 1 is 1.21 bits per heavy atom. The van der Waals surface area contributed by atoms with Gasteiger partial charge in [-0.3, -0.25) is 14.4 Å². The lowest BCUT2D eigenvalue weighted by Gasteiger charge is -2.40. The SMILES string of the molecule is N#Cc1cc2n(n1)CCCN(C[C@]1(O)CCCN(Cc3ccc(F)cc3)C1=O)C2. The quantitative estimate of drug-likeness (QED) is 0.848. The van der Waals surface area contributed by atoms with Gasteiger partial charge in [0.2, 0.25) is 0 Å². The van der Waals surface area contributed by atoms with E-state index in [1.165, 1.54) is 12.1 Å². The van der Waals surface area contributed by atoms with E-state index in [0.29, 0.717) is 38.2 Å². The van der Waals surface area contributed by atoms with Crippen molar-refractivity contribution in [3.8, 4) is 6.07 Å². The van der Waals surface area contributed by atoms with E-state index >= 15 is 0 Å². The Balaban J connectivity index is 1.46. The zero-order valence-corrected chi connectivity index (χ0v) is 16.2. The number of fused-ring (bicyclic) bond motifs is 1. The molecule has 1 aromatic heterocycles. The van der Waals surface area contributed by atoms with E-state index in [1.54, 1.807) is 23.1 Å². The van der Waals surface area contributed by atoms with Gasteiger partial charge in [0.15, 0.2) is 11.3 Å². The summed E-state index contributed by atoms with van der Waals surface area (Å²) in [4.78, 5) is 16.8. The van der Waals surface area contributed by atoms with Crippen LogP contribution in [0.2, 0.25) is 0 Å². The normalized spacial score (nSPS) is 22.8. The van der Waals surface area contributed by atoms with Crippen molar-refractivity contribution in [3.05, 3.63) is 53.1 Å². The predicted octanol–water partition coefficient (Wildman–Crippen LogP) is 1.65. The topological polar surface area (TPSA) is 85.4 Å². The minimum absolute atomic E-state index is 0.249. The van der Waals surface area contributed by atoms with Crippen LogP contribution in [0.25, 0.3) is 0 Å². The van der Waals surface area contributed by atoms with Crippen molar-refractivity contribution in [1.29, 1.82) is 5.26 Å². The number of rotatable bonds is 4. The fourth-order valence-corrected chi connectivity index (χ4v) is 4.26. The van der Waals surface area contributed by atoms with Gasteiger partial charge in [0.05, 0.1) is 5.69 Å². The van der Waals surface area contributed by atoms with Gasteiger partial charge in [0.1, 0.15) is 11.9 Å². The van der Waals surface area contributed by atoms with Crippen LogP contribution < -0.4 is 0 Å². The second kappa shape index (κ2) is 7.93. The number of aromatic nitrogens is 2. The van der Waals surface area contributed by atoms with Crippen molar-refractivity contribution in [2.24, 2.45) is 0 Å². The highest BCUT2D eigenvalue weighted by Gasteiger charge is 2.43. The molecule has 2 aromatic rings. The molecule has 0 spiro atoms. The van der Waals surface area contributed by atoms with Crippen LogP contribution in [0.1, 0.15) is 36.2 Å². The maximum Gasteiger partial charge on any atom is 0.256 e. The van der Waals surface area contributed by atoms with Gasteiger partial charge in [-0.25, -0.2) is 4.39 Å². The zero-order chi connectivity index (χ0) is 20.4. The molecule has 7 nitrogen and oxygen atoms in total. The molecule has 1 saturated heterocycles. The standard InChI is InChI=1S/C21H24FN5O2/c22-17-5-3-16(4-6-17)13-26-9-1-7-21(29,20(26)28)15-25-8-2-10-27-19(14-25)11-18(12-23)24-27/h3-6,11,29H,1-2,7-10,13-15H2/t21-/m1/s1. The van der Waals surface area contributed by atoms with Crippen LogP contribution in [-0.4, -0.2) is 55.8 Å². The first-order valence-corrected chi connectivity index (χ1v) is 9.92. The number of benzene rings is 1. The van der Waals surface area contributed by atoms with Gasteiger partial charge >= 0.3 is 0 Å². The Labute approximate surface area is 168 Å². The third-order valence-corrected chi connectivity index (χ3v) is 5.68. The van der Waals surface area contributed by atoms with Gasteiger partial charge in [-0.1, -0.05) is 12.1 Å². The molecule has 152 valence electrons. The summed E-state index contributed by atoms with van der Waals surface area (Å²) in [5, 5.41) is 24.6. The lowest BCUT2D eigenvalue weighted by atomic mass is 9.90. The van der Waals surface area contributed by atoms with Crippen LogP contribution in [0.5, 0.6) is 0 Å². The smallest absolute Gasteiger partial charge is 0.256 e. The molecule has 1 amide bonds. The molecule has 2 aliphatic heterocycles. The summed E-state index contributed by atoms with van der Waals surface area (Å²) in [6, 6.07) is 9.93. The fraction of sp³-hybridized carbons (Fsp3) is 0.476. The number of β-amino-alcohol motifs (C(OH)–C–C–N with tert-alkyl or cyclic N) is 1. The first kappa shape index (κ1) is 19.6. The molecule has 1 atom stereocenters. The lowest BCUT2D eigenvalue weighted by molar-refractivity contribution is -0.160. The van der Waals surface area contributed by atoms with Crippen molar-refractivity contribution < 1.29 is 14.3 Å². The largest absolute Gasteiger partial charge is 0.379 e. The van der Waals surface area contributed by atoms with E-state index in [1.807, 2.05) is 4.68 Å². The third-order valence-electron chi connectivity index (χ3n) is 5.68. The molecule has 1 aromatic carbocycles. The Kier molecular flexibility index (Phi) is 5.35. The highest BCUT2D eigenvalue weighted by molar-refractivity contribution is 5.86. The molecule has 0 unspecified atom stereocenters. The summed E-state index contributed by atoms with van der Waals surface area (Å²) in [6.45, 7) is 3.20. The molecule has 3 heterocycles. The maximum absolute atomic E-state index is 13.1. The molecule has 29 heavy (non-hydrogen) atoms. The predicted molar refractivity (Wildman–Crippen MR) is 103 cm³/mol. The molecule has 0 aliphatic carbocycles. The van der Waals surface area contributed by atoms with E-state index in [0.717, 1.165) is 30.8 Å². The molecule has 1 N–H and O–H groups in total. The lowest BCUT2D eigenvalue weighted by Crippen LogP contribution is -2.58. The molecular formula is C21H24FN5O2. The minimum Gasteiger partial charge on any atom is -0.379 e. The van der Waals surface area contributed by atoms with Crippen LogP contribution in [0.4, 0.5) is 4.39 Å². The van der Waals surface area contributed by atoms with E-state index < -0.39 is 5.60 Å². The van der Waals surface area contributed by atoms with Crippen molar-refractivity contribution in [1.82, 2.24) is 19.6 Å². The molecule has 4 rings (SSSR count). The van der Waals surface area contributed by atoms with Gasteiger partial charge in [-0.2, -0.15) is 10.4 Å². The fourth-order valence-electron chi connectivity index (χ4n) is 4.26. The number of nitrogens with zero attached hydrogens (tertiary/aromatic N) is 5. The molecule has 0 saturated carbocycles. The van der Waals surface area contributed by atoms with Crippen LogP contribution in [-0.2, 0) is 24.4 Å². The molecule has 0 bridgehead atoms. The summed E-state index contributed by atoms with van der Waals surface area (Å²) in [5.41, 5.74) is 0.714. The highest BCUT2D eigenvalue weighted by atomic mass is 19.1. The molecule has 1 fully saturated rings. The summed E-state index contributed by atoms with van der Waals surface area (Å²) < 4.78 is 15.0. The van der Waals surface area contributed by atoms with Gasteiger partial charge in [-0.05, 0) is 43.0 Å². The number of halogens is 1. The van der Waals surface area contributed by atoms with E-state index in [-0.39, 0.29) is 18.3 Å². The first-order valence-electron chi connectivity index (χ1n) is 9.92. The second-order valence-electron chi connectivity index (χ2n) is 7.91. The minimum atomic E-state index is -1.44. The van der Waals surface area contributed by atoms with Gasteiger partial charge in [0.25, 0.3) is 5.91 Å². The Morgan fingerprint density at radius 2 is 2.00 bits per heavy atom. The van der Waals surface area contributed by atoms with Crippen molar-refractivity contribution in [2.75, 3.05) is 19.6 Å². The van der Waals surface area contributed by atoms with Gasteiger partial charge in [-0.15, -0.1) is 0 Å². The monoisotopic (exact) mass is 397 g/mol. The van der Waals surface area contributed by atoms with Crippen LogP contribution in [0.3, 0.4) is 0 Å². The highest BCUT2D eigenvalue weighted by Crippen LogP contribution is 2.27. The number of hydrogen-bond donors (Lipinski definition) is 1. The second-order valence-corrected chi connectivity index (χ2v) is 7.91. The number of aryl methyl sites for hydroxylation is 1. The van der Waals surface area contributed by atoms with Crippen LogP contribution in [0, 0.1) is 17.1 Å². The summed E-state index contributed by atoms with van der Waals surface area (Å²) >= 11 is 0. The zero-order valence-electron chi connectivity index (χ0n) is 16.2. The maximum atomic E-state index is 13.1. The Morgan fingerprint density at radius 3 is 2.76 bits per heavy atom. The van der Waals surface area contributed by atoms with Crippen LogP contribution in [0.15, 0.2) is 30.3 Å². The number of amides is 1. The number of aliphatic hydroxyl groups is 1. The van der Waals surface area contributed by atoms with Crippen molar-refractivity contribution in [2.45, 2.75) is 44.5 Å². The summed E-state index contributed by atoms with van der Waals surface area (Å²) in [6.07, 6.45) is 1.97. The Bertz CT molecular complexity index is 936. The Hall–Kier alpha value is -2.76. The van der Waals surface area contributed by atoms with E-state index in [2.05, 4.69) is 16.1 Å². The first-order chi connectivity index (χ1) is 14.0. The van der Waals surface area contributed by atoms with Gasteiger partial charge < -0.3 is 10.0 Å². The van der Waals surface area contributed by atoms with Crippen LogP contribution >= 0.6 is 0 Å². The number of likely N-dealkylation sites (tertiary alicyclic amines) is 1. The molecule has 8 heteroatoms. The third kappa shape index (κ3) is 4.16. The number of nitriles is 1. The van der Waals surface area contributed by atoms with E-state index in [9.17, 15) is 14.3 Å². The van der Waals surface area contributed by atoms with Crippen molar-refractivity contribution in [3.63, 3.8) is 0 Å². The molecular weight excluding hydrogens is 373 g/mol. The summed E-state index contributed by atoms with van der Waals surface area (Å²) in [5.74, 6) is -0.585. The van der Waals surface area contributed by atoms with Gasteiger partial charge in [0, 0.05) is 39.3 Å². The summed E-state index contributed by atoms with van der Waals surface area (Å²) in [7, 11) is 0. The number of hydrogen-bond acceptors (Lipinski definition) is 5. The number of carbonyl (C=O) groups is 1. The number of carbonyl (C=O) groups excluding carboxylic acids is 1. The number of piperidine rings is 1.